The zero-order valence-electron chi connectivity index (χ0n) is 10.0. The molecule has 2 rings (SSSR count). The Hall–Kier alpha value is -1.29. The highest BCUT2D eigenvalue weighted by molar-refractivity contribution is 5.47. The molecule has 4 heteroatoms. The normalized spacial score (nSPS) is 16.6. The molecule has 1 aromatic rings. The molecule has 0 spiro atoms. The predicted molar refractivity (Wildman–Crippen MR) is 64.4 cm³/mol. The van der Waals surface area contributed by atoms with E-state index < -0.39 is 6.67 Å². The monoisotopic (exact) mass is 239 g/mol. The van der Waals surface area contributed by atoms with Gasteiger partial charge in [0.1, 0.15) is 13.3 Å². The number of halogens is 1. The fraction of sp³-hybridized carbons (Fsp3) is 0.538. The molecule has 0 aromatic heterocycles. The zero-order valence-corrected chi connectivity index (χ0v) is 10.0. The Balaban J connectivity index is 2.25. The number of benzene rings is 1. The Bertz CT molecular complexity index is 391. The van der Waals surface area contributed by atoms with Crippen molar-refractivity contribution in [2.24, 2.45) is 5.73 Å². The number of methoxy groups -OCH3 is 1. The minimum absolute atomic E-state index is 0.0510. The van der Waals surface area contributed by atoms with Gasteiger partial charge in [0.25, 0.3) is 0 Å². The van der Waals surface area contributed by atoms with Crippen LogP contribution < -0.4 is 15.2 Å². The van der Waals surface area contributed by atoms with Crippen LogP contribution in [0.3, 0.4) is 0 Å². The number of ether oxygens (including phenoxy) is 2. The minimum atomic E-state index is -0.505. The third-order valence-electron chi connectivity index (χ3n) is 3.36. The molecule has 0 aliphatic heterocycles. The van der Waals surface area contributed by atoms with Gasteiger partial charge in [0, 0.05) is 12.0 Å². The van der Waals surface area contributed by atoms with Gasteiger partial charge in [-0.05, 0) is 30.5 Å². The fourth-order valence-electron chi connectivity index (χ4n) is 2.03. The summed E-state index contributed by atoms with van der Waals surface area (Å²) in [4.78, 5) is 0. The molecule has 0 heterocycles. The van der Waals surface area contributed by atoms with E-state index in [1.807, 2.05) is 18.2 Å². The summed E-state index contributed by atoms with van der Waals surface area (Å²) in [7, 11) is 1.58. The summed E-state index contributed by atoms with van der Waals surface area (Å²) in [5.41, 5.74) is 7.06. The number of nitrogens with two attached hydrogens (primary N) is 1. The van der Waals surface area contributed by atoms with Crippen molar-refractivity contribution in [2.75, 3.05) is 26.9 Å². The van der Waals surface area contributed by atoms with Crippen molar-refractivity contribution in [3.63, 3.8) is 0 Å². The van der Waals surface area contributed by atoms with Gasteiger partial charge >= 0.3 is 0 Å². The second-order valence-corrected chi connectivity index (χ2v) is 4.39. The van der Waals surface area contributed by atoms with E-state index in [9.17, 15) is 4.39 Å². The van der Waals surface area contributed by atoms with Crippen molar-refractivity contribution in [3.05, 3.63) is 23.8 Å². The molecule has 17 heavy (non-hydrogen) atoms. The molecule has 0 bridgehead atoms. The lowest BCUT2D eigenvalue weighted by Crippen LogP contribution is -2.19. The van der Waals surface area contributed by atoms with Crippen LogP contribution in [-0.4, -0.2) is 26.9 Å². The topological polar surface area (TPSA) is 44.5 Å². The lowest BCUT2D eigenvalue weighted by atomic mass is 9.96. The fourth-order valence-corrected chi connectivity index (χ4v) is 2.03. The summed E-state index contributed by atoms with van der Waals surface area (Å²) in [5.74, 6) is 1.23. The van der Waals surface area contributed by atoms with E-state index in [2.05, 4.69) is 0 Å². The third kappa shape index (κ3) is 2.36. The molecule has 0 unspecified atom stereocenters. The van der Waals surface area contributed by atoms with E-state index in [0.29, 0.717) is 18.0 Å². The Labute approximate surface area is 101 Å². The molecular formula is C13H18FNO2. The van der Waals surface area contributed by atoms with Crippen molar-refractivity contribution >= 4 is 0 Å². The predicted octanol–water partition coefficient (Wildman–Crippen LogP) is 2.03. The first-order valence-corrected chi connectivity index (χ1v) is 5.83. The Kier molecular flexibility index (Phi) is 3.52. The van der Waals surface area contributed by atoms with E-state index in [4.69, 9.17) is 15.2 Å². The van der Waals surface area contributed by atoms with Crippen molar-refractivity contribution < 1.29 is 13.9 Å². The summed E-state index contributed by atoms with van der Waals surface area (Å²) in [5, 5.41) is 0. The van der Waals surface area contributed by atoms with E-state index in [1.54, 1.807) is 7.11 Å². The summed E-state index contributed by atoms with van der Waals surface area (Å²) in [6.45, 7) is 0.187. The van der Waals surface area contributed by atoms with Crippen LogP contribution in [0.25, 0.3) is 0 Å². The van der Waals surface area contributed by atoms with Crippen LogP contribution in [0, 0.1) is 0 Å². The van der Waals surface area contributed by atoms with E-state index in [1.165, 1.54) is 0 Å². The van der Waals surface area contributed by atoms with Crippen molar-refractivity contribution in [2.45, 2.75) is 18.3 Å². The molecule has 2 N–H and O–H groups in total. The van der Waals surface area contributed by atoms with E-state index in [-0.39, 0.29) is 12.0 Å². The molecule has 0 saturated heterocycles. The first-order valence-electron chi connectivity index (χ1n) is 5.83. The molecule has 0 atom stereocenters. The smallest absolute Gasteiger partial charge is 0.161 e. The molecule has 3 nitrogen and oxygen atoms in total. The average molecular weight is 239 g/mol. The van der Waals surface area contributed by atoms with Gasteiger partial charge in [-0.2, -0.15) is 0 Å². The first-order chi connectivity index (χ1) is 8.25. The molecule has 1 aromatic carbocycles. The number of hydrogen-bond acceptors (Lipinski definition) is 3. The minimum Gasteiger partial charge on any atom is -0.493 e. The van der Waals surface area contributed by atoms with Crippen molar-refractivity contribution in [3.8, 4) is 11.5 Å². The second-order valence-electron chi connectivity index (χ2n) is 4.39. The molecule has 94 valence electrons. The van der Waals surface area contributed by atoms with Gasteiger partial charge in [-0.25, -0.2) is 4.39 Å². The molecule has 1 aliphatic rings. The van der Waals surface area contributed by atoms with Crippen LogP contribution >= 0.6 is 0 Å². The van der Waals surface area contributed by atoms with E-state index in [0.717, 1.165) is 18.4 Å². The Morgan fingerprint density at radius 3 is 2.65 bits per heavy atom. The van der Waals surface area contributed by atoms with Crippen LogP contribution in [0.15, 0.2) is 18.2 Å². The lowest BCUT2D eigenvalue weighted by Gasteiger charge is -2.16. The molecular weight excluding hydrogens is 221 g/mol. The van der Waals surface area contributed by atoms with Crippen LogP contribution in [0.5, 0.6) is 11.5 Å². The second kappa shape index (κ2) is 4.92. The maximum atomic E-state index is 12.1. The SMILES string of the molecule is COc1ccc(C2(CN)CC2)cc1OCCF. The Morgan fingerprint density at radius 2 is 2.12 bits per heavy atom. The summed E-state index contributed by atoms with van der Waals surface area (Å²) >= 11 is 0. The molecule has 1 aliphatic carbocycles. The van der Waals surface area contributed by atoms with Crippen LogP contribution in [0.1, 0.15) is 18.4 Å². The van der Waals surface area contributed by atoms with Crippen LogP contribution in [-0.2, 0) is 5.41 Å². The highest BCUT2D eigenvalue weighted by Crippen LogP contribution is 2.48. The highest BCUT2D eigenvalue weighted by Gasteiger charge is 2.43. The zero-order chi connectivity index (χ0) is 12.3. The summed E-state index contributed by atoms with van der Waals surface area (Å²) in [6.07, 6.45) is 2.22. The van der Waals surface area contributed by atoms with Crippen LogP contribution in [0.2, 0.25) is 0 Å². The summed E-state index contributed by atoms with van der Waals surface area (Å²) < 4.78 is 22.7. The number of rotatable bonds is 6. The maximum absolute atomic E-state index is 12.1. The Morgan fingerprint density at radius 1 is 1.35 bits per heavy atom. The number of hydrogen-bond donors (Lipinski definition) is 1. The average Bonchev–Trinajstić information content (AvgIpc) is 3.17. The molecule has 1 fully saturated rings. The van der Waals surface area contributed by atoms with Gasteiger partial charge in [0.15, 0.2) is 11.5 Å². The van der Waals surface area contributed by atoms with Gasteiger partial charge in [0.05, 0.1) is 7.11 Å². The largest absolute Gasteiger partial charge is 0.493 e. The van der Waals surface area contributed by atoms with Gasteiger partial charge < -0.3 is 15.2 Å². The van der Waals surface area contributed by atoms with Gasteiger partial charge in [-0.1, -0.05) is 6.07 Å². The van der Waals surface area contributed by atoms with Gasteiger partial charge in [-0.3, -0.25) is 0 Å². The maximum Gasteiger partial charge on any atom is 0.161 e. The first kappa shape index (κ1) is 12.2. The summed E-state index contributed by atoms with van der Waals surface area (Å²) in [6, 6.07) is 5.80. The highest BCUT2D eigenvalue weighted by atomic mass is 19.1. The van der Waals surface area contributed by atoms with Gasteiger partial charge in [0.2, 0.25) is 0 Å². The third-order valence-corrected chi connectivity index (χ3v) is 3.36. The van der Waals surface area contributed by atoms with Crippen LogP contribution in [0.4, 0.5) is 4.39 Å². The van der Waals surface area contributed by atoms with E-state index >= 15 is 0 Å². The van der Waals surface area contributed by atoms with Crippen molar-refractivity contribution in [1.82, 2.24) is 0 Å². The van der Waals surface area contributed by atoms with Crippen molar-refractivity contribution in [1.29, 1.82) is 0 Å². The molecule has 0 radical (unpaired) electrons. The lowest BCUT2D eigenvalue weighted by molar-refractivity contribution is 0.259. The quantitative estimate of drug-likeness (QED) is 0.826. The van der Waals surface area contributed by atoms with Gasteiger partial charge in [-0.15, -0.1) is 0 Å². The molecule has 0 amide bonds. The molecule has 1 saturated carbocycles. The standard InChI is InChI=1S/C13H18FNO2/c1-16-11-3-2-10(13(9-15)4-5-13)8-12(11)17-7-6-14/h2-3,8H,4-7,9,15H2,1H3. The number of alkyl halides is 1.